The molecule has 0 bridgehead atoms. The Bertz CT molecular complexity index is 653. The summed E-state index contributed by atoms with van der Waals surface area (Å²) in [6.45, 7) is -0.421. The lowest BCUT2D eigenvalue weighted by Crippen LogP contribution is -2.33. The second kappa shape index (κ2) is 4.38. The maximum atomic E-state index is 11.5. The maximum Gasteiger partial charge on any atom is 0.278 e. The number of nitrogens with one attached hydrogen (secondary N) is 1. The van der Waals surface area contributed by atoms with Crippen LogP contribution in [-0.4, -0.2) is 59.8 Å². The van der Waals surface area contributed by atoms with Crippen molar-refractivity contribution < 1.29 is 20.1 Å². The average Bonchev–Trinajstić information content (AvgIpc) is 2.94. The van der Waals surface area contributed by atoms with Crippen molar-refractivity contribution in [3.8, 4) is 0 Å². The molecular weight excluding hydrogens is 256 g/mol. The Morgan fingerprint density at radius 2 is 2.16 bits per heavy atom. The van der Waals surface area contributed by atoms with Crippen molar-refractivity contribution in [1.29, 1.82) is 0 Å². The average molecular weight is 268 g/mol. The molecule has 2 aromatic heterocycles. The van der Waals surface area contributed by atoms with Gasteiger partial charge in [0.05, 0.1) is 19.3 Å². The minimum atomic E-state index is -1.24. The van der Waals surface area contributed by atoms with Crippen LogP contribution >= 0.6 is 0 Å². The number of nitrogens with zero attached hydrogens (tertiary/aromatic N) is 3. The van der Waals surface area contributed by atoms with Gasteiger partial charge in [0, 0.05) is 0 Å². The van der Waals surface area contributed by atoms with Gasteiger partial charge in [-0.05, 0) is 0 Å². The van der Waals surface area contributed by atoms with Crippen molar-refractivity contribution >= 4 is 11.2 Å². The Morgan fingerprint density at radius 3 is 2.84 bits per heavy atom. The number of imidazole rings is 1. The highest BCUT2D eigenvalue weighted by molar-refractivity contribution is 5.68. The number of ether oxygens (including phenoxy) is 1. The summed E-state index contributed by atoms with van der Waals surface area (Å²) in [6.07, 6.45) is -1.78. The Hall–Kier alpha value is -1.81. The van der Waals surface area contributed by atoms with E-state index >= 15 is 0 Å². The van der Waals surface area contributed by atoms with Crippen LogP contribution in [-0.2, 0) is 4.74 Å². The van der Waals surface area contributed by atoms with Gasteiger partial charge in [-0.15, -0.1) is 0 Å². The van der Waals surface area contributed by atoms with E-state index in [-0.39, 0.29) is 11.2 Å². The summed E-state index contributed by atoms with van der Waals surface area (Å²) in [5, 5.41) is 28.6. The molecule has 3 rings (SSSR count). The number of rotatable bonds is 2. The maximum absolute atomic E-state index is 11.5. The molecule has 9 heteroatoms. The molecule has 0 saturated carbocycles. The van der Waals surface area contributed by atoms with E-state index in [0.29, 0.717) is 0 Å². The molecule has 9 nitrogen and oxygen atoms in total. The van der Waals surface area contributed by atoms with Crippen LogP contribution in [0.5, 0.6) is 0 Å². The number of hydrogen-bond donors (Lipinski definition) is 4. The van der Waals surface area contributed by atoms with Crippen LogP contribution in [0.2, 0.25) is 0 Å². The molecule has 0 spiro atoms. The fourth-order valence-electron chi connectivity index (χ4n) is 2.16. The fourth-order valence-corrected chi connectivity index (χ4v) is 2.16. The Morgan fingerprint density at radius 1 is 1.37 bits per heavy atom. The smallest absolute Gasteiger partial charge is 0.278 e. The molecule has 1 aliphatic rings. The highest BCUT2D eigenvalue weighted by Crippen LogP contribution is 2.30. The fraction of sp³-hybridized carbons (Fsp3) is 0.500. The molecule has 19 heavy (non-hydrogen) atoms. The van der Waals surface area contributed by atoms with Crippen molar-refractivity contribution in [2.24, 2.45) is 0 Å². The van der Waals surface area contributed by atoms with Gasteiger partial charge in [0.1, 0.15) is 18.3 Å². The van der Waals surface area contributed by atoms with Crippen LogP contribution in [0.3, 0.4) is 0 Å². The summed E-state index contributed by atoms with van der Waals surface area (Å²) in [5.41, 5.74) is -0.0608. The van der Waals surface area contributed by atoms with E-state index in [2.05, 4.69) is 15.0 Å². The van der Waals surface area contributed by atoms with E-state index in [1.165, 1.54) is 17.2 Å². The van der Waals surface area contributed by atoms with Crippen LogP contribution in [0.25, 0.3) is 11.2 Å². The highest BCUT2D eigenvalue weighted by atomic mass is 16.6. The first kappa shape index (κ1) is 12.2. The SMILES string of the molecule is O=c1[nH]cnc2c1ncn2[C@@H]1O[C@H](CO)[C@H](O)C1O. The van der Waals surface area contributed by atoms with Gasteiger partial charge in [-0.1, -0.05) is 0 Å². The van der Waals surface area contributed by atoms with Gasteiger partial charge in [-0.25, -0.2) is 9.97 Å². The van der Waals surface area contributed by atoms with Gasteiger partial charge < -0.3 is 25.0 Å². The van der Waals surface area contributed by atoms with E-state index in [0.717, 1.165) is 0 Å². The van der Waals surface area contributed by atoms with E-state index in [9.17, 15) is 15.0 Å². The van der Waals surface area contributed by atoms with Gasteiger partial charge in [-0.3, -0.25) is 9.36 Å². The lowest BCUT2D eigenvalue weighted by Gasteiger charge is -2.16. The van der Waals surface area contributed by atoms with Gasteiger partial charge >= 0.3 is 0 Å². The van der Waals surface area contributed by atoms with Crippen LogP contribution < -0.4 is 5.56 Å². The number of hydrogen-bond acceptors (Lipinski definition) is 7. The normalized spacial score (nSPS) is 31.1. The molecule has 1 unspecified atom stereocenters. The molecular formula is C10H12N4O5. The van der Waals surface area contributed by atoms with Crippen LogP contribution in [0.15, 0.2) is 17.4 Å². The Kier molecular flexibility index (Phi) is 2.82. The zero-order chi connectivity index (χ0) is 13.6. The molecule has 3 heterocycles. The van der Waals surface area contributed by atoms with E-state index in [4.69, 9.17) is 9.84 Å². The van der Waals surface area contributed by atoms with Crippen LogP contribution in [0.4, 0.5) is 0 Å². The second-order valence-corrected chi connectivity index (χ2v) is 4.28. The lowest BCUT2D eigenvalue weighted by molar-refractivity contribution is -0.0511. The van der Waals surface area contributed by atoms with Gasteiger partial charge in [0.25, 0.3) is 5.56 Å². The molecule has 1 aliphatic heterocycles. The first-order chi connectivity index (χ1) is 9.13. The molecule has 0 aliphatic carbocycles. The zero-order valence-corrected chi connectivity index (χ0v) is 9.67. The molecule has 0 aromatic carbocycles. The molecule has 4 atom stereocenters. The van der Waals surface area contributed by atoms with Gasteiger partial charge in [0.2, 0.25) is 0 Å². The van der Waals surface area contributed by atoms with Crippen molar-refractivity contribution in [3.05, 3.63) is 23.0 Å². The summed E-state index contributed by atoms with van der Waals surface area (Å²) in [4.78, 5) is 21.8. The minimum Gasteiger partial charge on any atom is -0.394 e. The van der Waals surface area contributed by atoms with Crippen LogP contribution in [0, 0.1) is 0 Å². The second-order valence-electron chi connectivity index (χ2n) is 4.28. The summed E-state index contributed by atoms with van der Waals surface area (Å²) in [6, 6.07) is 0. The minimum absolute atomic E-state index is 0.111. The number of aliphatic hydroxyl groups is 3. The molecule has 1 saturated heterocycles. The van der Waals surface area contributed by atoms with E-state index < -0.39 is 36.7 Å². The van der Waals surface area contributed by atoms with Crippen molar-refractivity contribution in [3.63, 3.8) is 0 Å². The Labute approximate surface area is 106 Å². The summed E-state index contributed by atoms with van der Waals surface area (Å²) in [7, 11) is 0. The summed E-state index contributed by atoms with van der Waals surface area (Å²) < 4.78 is 6.70. The quantitative estimate of drug-likeness (QED) is 0.482. The van der Waals surface area contributed by atoms with Crippen molar-refractivity contribution in [2.45, 2.75) is 24.5 Å². The third-order valence-electron chi connectivity index (χ3n) is 3.16. The predicted molar refractivity (Wildman–Crippen MR) is 61.2 cm³/mol. The molecule has 2 aromatic rings. The highest BCUT2D eigenvalue weighted by Gasteiger charge is 2.43. The number of aliphatic hydroxyl groups excluding tert-OH is 3. The third-order valence-corrected chi connectivity index (χ3v) is 3.16. The van der Waals surface area contributed by atoms with Crippen LogP contribution in [0.1, 0.15) is 6.23 Å². The lowest BCUT2D eigenvalue weighted by atomic mass is 10.1. The number of aromatic amines is 1. The molecule has 1 fully saturated rings. The largest absolute Gasteiger partial charge is 0.394 e. The number of H-pyrrole nitrogens is 1. The molecule has 0 amide bonds. The monoisotopic (exact) mass is 268 g/mol. The molecule has 4 N–H and O–H groups in total. The zero-order valence-electron chi connectivity index (χ0n) is 9.67. The standard InChI is InChI=1S/C10H12N4O5/c15-1-4-6(16)7(17)10(19-4)14-3-13-5-8(14)11-2-12-9(5)18/h2-4,6-7,10,15-17H,1H2,(H,11,12,18)/t4-,6+,7?,10-/m1/s1. The van der Waals surface area contributed by atoms with E-state index in [1.807, 2.05) is 0 Å². The third kappa shape index (κ3) is 1.75. The summed E-state index contributed by atoms with van der Waals surface area (Å²) >= 11 is 0. The summed E-state index contributed by atoms with van der Waals surface area (Å²) in [5.74, 6) is 0. The predicted octanol–water partition coefficient (Wildman–Crippen LogP) is -2.27. The van der Waals surface area contributed by atoms with Gasteiger partial charge in [-0.2, -0.15) is 0 Å². The van der Waals surface area contributed by atoms with Crippen molar-refractivity contribution in [1.82, 2.24) is 19.5 Å². The molecule has 102 valence electrons. The van der Waals surface area contributed by atoms with Crippen molar-refractivity contribution in [2.75, 3.05) is 6.61 Å². The van der Waals surface area contributed by atoms with E-state index in [1.54, 1.807) is 0 Å². The Balaban J connectivity index is 2.06. The first-order valence-corrected chi connectivity index (χ1v) is 5.66. The topological polar surface area (TPSA) is 133 Å². The van der Waals surface area contributed by atoms with Gasteiger partial charge in [0.15, 0.2) is 17.4 Å². The number of fused-ring (bicyclic) bond motifs is 1. The molecule has 0 radical (unpaired) electrons. The first-order valence-electron chi connectivity index (χ1n) is 5.66. The number of aromatic nitrogens is 4.